The van der Waals surface area contributed by atoms with E-state index in [4.69, 9.17) is 9.47 Å². The van der Waals surface area contributed by atoms with E-state index in [1.807, 2.05) is 6.07 Å². The fourth-order valence-electron chi connectivity index (χ4n) is 3.15. The van der Waals surface area contributed by atoms with Crippen molar-refractivity contribution in [3.8, 4) is 0 Å². The standard InChI is InChI=1S/C21H20N2O5/c1-13-11-14-12-15(8-9-17(14)22(2)19(13)24)23-10-6-5-7-16(20(25)27-3)18(23)21(26)28-4/h5-12H,1-4H3. The first-order chi connectivity index (χ1) is 13.4. The van der Waals surface area contributed by atoms with Crippen LogP contribution in [0.5, 0.6) is 0 Å². The summed E-state index contributed by atoms with van der Waals surface area (Å²) in [5, 5.41) is 0.825. The van der Waals surface area contributed by atoms with Crippen molar-refractivity contribution in [2.24, 2.45) is 7.05 Å². The molecule has 144 valence electrons. The quantitative estimate of drug-likeness (QED) is 0.761. The zero-order chi connectivity index (χ0) is 20.4. The van der Waals surface area contributed by atoms with Crippen LogP contribution in [-0.4, -0.2) is 30.7 Å². The summed E-state index contributed by atoms with van der Waals surface area (Å²) in [7, 11) is 4.21. The lowest BCUT2D eigenvalue weighted by atomic mass is 10.1. The smallest absolute Gasteiger partial charge is 0.355 e. The maximum Gasteiger partial charge on any atom is 0.355 e. The van der Waals surface area contributed by atoms with Crippen molar-refractivity contribution in [1.82, 2.24) is 4.57 Å². The highest BCUT2D eigenvalue weighted by molar-refractivity contribution is 6.05. The van der Waals surface area contributed by atoms with E-state index in [0.29, 0.717) is 11.3 Å². The molecule has 1 aliphatic heterocycles. The van der Waals surface area contributed by atoms with E-state index in [0.717, 1.165) is 10.9 Å². The second kappa shape index (κ2) is 7.56. The highest BCUT2D eigenvalue weighted by atomic mass is 16.5. The molecular weight excluding hydrogens is 360 g/mol. The molecule has 0 amide bonds. The number of benzene rings is 1. The number of aromatic nitrogens is 1. The van der Waals surface area contributed by atoms with Crippen molar-refractivity contribution < 1.29 is 19.1 Å². The molecule has 0 fully saturated rings. The number of ether oxygens (including phenoxy) is 2. The van der Waals surface area contributed by atoms with E-state index in [2.05, 4.69) is 0 Å². The molecule has 0 aliphatic carbocycles. The number of fused-ring (bicyclic) bond motifs is 1. The van der Waals surface area contributed by atoms with Crippen molar-refractivity contribution in [2.45, 2.75) is 6.92 Å². The summed E-state index contributed by atoms with van der Waals surface area (Å²) in [5.41, 5.74) is 2.05. The lowest BCUT2D eigenvalue weighted by Gasteiger charge is -2.23. The van der Waals surface area contributed by atoms with Crippen molar-refractivity contribution in [3.05, 3.63) is 75.9 Å². The number of anilines is 1. The van der Waals surface area contributed by atoms with Crippen LogP contribution in [0.2, 0.25) is 0 Å². The van der Waals surface area contributed by atoms with Gasteiger partial charge in [0, 0.05) is 29.9 Å². The van der Waals surface area contributed by atoms with E-state index in [-0.39, 0.29) is 16.8 Å². The van der Waals surface area contributed by atoms with Crippen LogP contribution < -0.4 is 10.5 Å². The summed E-state index contributed by atoms with van der Waals surface area (Å²) in [6.45, 7) is 1.75. The van der Waals surface area contributed by atoms with Gasteiger partial charge in [-0.05, 0) is 43.3 Å². The van der Waals surface area contributed by atoms with E-state index >= 15 is 0 Å². The van der Waals surface area contributed by atoms with Gasteiger partial charge >= 0.3 is 11.9 Å². The minimum Gasteiger partial charge on any atom is -0.465 e. The molecule has 0 atom stereocenters. The number of aryl methyl sites for hydroxylation is 2. The van der Waals surface area contributed by atoms with E-state index in [1.165, 1.54) is 20.3 Å². The van der Waals surface area contributed by atoms with Gasteiger partial charge in [0.2, 0.25) is 0 Å². The molecule has 7 nitrogen and oxygen atoms in total. The van der Waals surface area contributed by atoms with E-state index in [9.17, 15) is 14.4 Å². The SMILES string of the molecule is COC(=O)C1=C(C(=O)OC)N(c2ccc3c(c2)cc(C)c(=O)n3C)C=CC=C1. The third-order valence-electron chi connectivity index (χ3n) is 4.55. The van der Waals surface area contributed by atoms with Gasteiger partial charge in [-0.25, -0.2) is 9.59 Å². The van der Waals surface area contributed by atoms with Crippen molar-refractivity contribution in [2.75, 3.05) is 19.1 Å². The third kappa shape index (κ3) is 3.22. The van der Waals surface area contributed by atoms with Crippen LogP contribution >= 0.6 is 0 Å². The Kier molecular flexibility index (Phi) is 5.17. The first-order valence-corrected chi connectivity index (χ1v) is 8.54. The summed E-state index contributed by atoms with van der Waals surface area (Å²) >= 11 is 0. The van der Waals surface area contributed by atoms with Crippen LogP contribution in [0.3, 0.4) is 0 Å². The minimum absolute atomic E-state index is 0.0419. The largest absolute Gasteiger partial charge is 0.465 e. The molecule has 0 saturated heterocycles. The Morgan fingerprint density at radius 2 is 1.71 bits per heavy atom. The van der Waals surface area contributed by atoms with Crippen LogP contribution in [0, 0.1) is 6.92 Å². The Balaban J connectivity index is 2.25. The number of rotatable bonds is 3. The first kappa shape index (κ1) is 19.2. The Morgan fingerprint density at radius 3 is 2.39 bits per heavy atom. The maximum atomic E-state index is 12.5. The molecule has 1 aliphatic rings. The average Bonchev–Trinajstić information content (AvgIpc) is 2.93. The maximum absolute atomic E-state index is 12.5. The predicted octanol–water partition coefficient (Wildman–Crippen LogP) is 2.34. The van der Waals surface area contributed by atoms with Gasteiger partial charge in [0.1, 0.15) is 5.70 Å². The zero-order valence-electron chi connectivity index (χ0n) is 16.1. The number of esters is 2. The number of carbonyl (C=O) groups is 2. The van der Waals surface area contributed by atoms with Crippen LogP contribution in [0.15, 0.2) is 64.8 Å². The molecule has 1 aromatic carbocycles. The van der Waals surface area contributed by atoms with Gasteiger partial charge in [0.05, 0.1) is 25.3 Å². The van der Waals surface area contributed by atoms with Crippen molar-refractivity contribution in [1.29, 1.82) is 0 Å². The van der Waals surface area contributed by atoms with Gasteiger partial charge in [0.15, 0.2) is 0 Å². The highest BCUT2D eigenvalue weighted by Crippen LogP contribution is 2.29. The van der Waals surface area contributed by atoms with Gasteiger partial charge < -0.3 is 18.9 Å². The molecule has 7 heteroatoms. The number of methoxy groups -OCH3 is 2. The van der Waals surface area contributed by atoms with Gasteiger partial charge in [-0.15, -0.1) is 0 Å². The molecule has 0 radical (unpaired) electrons. The summed E-state index contributed by atoms with van der Waals surface area (Å²) in [4.78, 5) is 38.5. The van der Waals surface area contributed by atoms with Gasteiger partial charge in [-0.3, -0.25) is 4.79 Å². The van der Waals surface area contributed by atoms with Crippen LogP contribution in [0.25, 0.3) is 10.9 Å². The van der Waals surface area contributed by atoms with Crippen LogP contribution in [0.1, 0.15) is 5.56 Å². The second-order valence-corrected chi connectivity index (χ2v) is 6.25. The number of hydrogen-bond donors (Lipinski definition) is 0. The molecule has 0 spiro atoms. The predicted molar refractivity (Wildman–Crippen MR) is 106 cm³/mol. The summed E-state index contributed by atoms with van der Waals surface area (Å²) in [6.07, 6.45) is 6.51. The van der Waals surface area contributed by atoms with E-state index < -0.39 is 11.9 Å². The molecule has 0 N–H and O–H groups in total. The number of allylic oxidation sites excluding steroid dienone is 2. The van der Waals surface area contributed by atoms with E-state index in [1.54, 1.807) is 60.0 Å². The van der Waals surface area contributed by atoms with Crippen molar-refractivity contribution >= 4 is 28.5 Å². The topological polar surface area (TPSA) is 77.8 Å². The Labute approximate surface area is 161 Å². The average molecular weight is 380 g/mol. The summed E-state index contributed by atoms with van der Waals surface area (Å²) < 4.78 is 11.3. The third-order valence-corrected chi connectivity index (χ3v) is 4.55. The molecular formula is C21H20N2O5. The molecule has 2 aromatic rings. The number of hydrogen-bond acceptors (Lipinski definition) is 6. The van der Waals surface area contributed by atoms with Crippen LogP contribution in [-0.2, 0) is 26.1 Å². The molecule has 0 unspecified atom stereocenters. The lowest BCUT2D eigenvalue weighted by molar-refractivity contribution is -0.139. The molecule has 28 heavy (non-hydrogen) atoms. The number of pyridine rings is 1. The Bertz CT molecular complexity index is 1120. The normalized spacial score (nSPS) is 13.6. The van der Waals surface area contributed by atoms with Crippen molar-refractivity contribution in [3.63, 3.8) is 0 Å². The monoisotopic (exact) mass is 380 g/mol. The number of nitrogens with zero attached hydrogens (tertiary/aromatic N) is 2. The second-order valence-electron chi connectivity index (χ2n) is 6.25. The fourth-order valence-corrected chi connectivity index (χ4v) is 3.15. The molecule has 1 aromatic heterocycles. The zero-order valence-corrected chi connectivity index (χ0v) is 16.1. The van der Waals surface area contributed by atoms with Gasteiger partial charge in [-0.1, -0.05) is 6.08 Å². The van der Waals surface area contributed by atoms with Gasteiger partial charge in [-0.2, -0.15) is 0 Å². The molecule has 0 saturated carbocycles. The molecule has 2 heterocycles. The Morgan fingerprint density at radius 1 is 1.00 bits per heavy atom. The minimum atomic E-state index is -0.673. The fraction of sp³-hybridized carbons (Fsp3) is 0.190. The Hall–Kier alpha value is -3.61. The molecule has 0 bridgehead atoms. The first-order valence-electron chi connectivity index (χ1n) is 8.54. The summed E-state index contributed by atoms with van der Waals surface area (Å²) in [5.74, 6) is -1.32. The number of carbonyl (C=O) groups excluding carboxylic acids is 2. The highest BCUT2D eigenvalue weighted by Gasteiger charge is 2.27. The summed E-state index contributed by atoms with van der Waals surface area (Å²) in [6, 6.07) is 7.20. The lowest BCUT2D eigenvalue weighted by Crippen LogP contribution is -2.27. The van der Waals surface area contributed by atoms with Gasteiger partial charge in [0.25, 0.3) is 5.56 Å². The van der Waals surface area contributed by atoms with Crippen LogP contribution in [0.4, 0.5) is 5.69 Å². The molecule has 3 rings (SSSR count).